The first-order chi connectivity index (χ1) is 16.5. The van der Waals surface area contributed by atoms with Gasteiger partial charge >= 0.3 is 0 Å². The molecule has 3 aromatic carbocycles. The normalized spacial score (nSPS) is 22.6. The van der Waals surface area contributed by atoms with Crippen LogP contribution in [0.25, 0.3) is 12.2 Å². The quantitative estimate of drug-likeness (QED) is 0.217. The summed E-state index contributed by atoms with van der Waals surface area (Å²) < 4.78 is 73.5. The van der Waals surface area contributed by atoms with Crippen molar-refractivity contribution in [2.75, 3.05) is 9.80 Å². The van der Waals surface area contributed by atoms with E-state index in [1.807, 2.05) is 82.6 Å². The first-order valence-electron chi connectivity index (χ1n) is 11.1. The van der Waals surface area contributed by atoms with E-state index in [1.54, 1.807) is 0 Å². The second-order valence-corrected chi connectivity index (χ2v) is 8.70. The molecular formula is C27H19F5N2. The highest BCUT2D eigenvalue weighted by atomic mass is 19.2. The molecular weight excluding hydrogens is 447 g/mol. The molecule has 3 aliphatic rings. The summed E-state index contributed by atoms with van der Waals surface area (Å²) in [6, 6.07) is 14.2. The molecule has 3 atom stereocenters. The van der Waals surface area contributed by atoms with Crippen LogP contribution < -0.4 is 9.80 Å². The van der Waals surface area contributed by atoms with Crippen LogP contribution in [0.4, 0.5) is 33.3 Å². The van der Waals surface area contributed by atoms with Crippen molar-refractivity contribution in [3.05, 3.63) is 106 Å². The van der Waals surface area contributed by atoms with Crippen LogP contribution in [0.3, 0.4) is 0 Å². The second-order valence-electron chi connectivity index (χ2n) is 8.70. The van der Waals surface area contributed by atoms with Crippen molar-refractivity contribution in [3.8, 4) is 0 Å². The lowest BCUT2D eigenvalue weighted by Gasteiger charge is -2.36. The van der Waals surface area contributed by atoms with E-state index in [-0.39, 0.29) is 12.1 Å². The van der Waals surface area contributed by atoms with E-state index < -0.39 is 40.8 Å². The van der Waals surface area contributed by atoms with E-state index in [2.05, 4.69) is 0 Å². The number of anilines is 2. The van der Waals surface area contributed by atoms with E-state index >= 15 is 8.78 Å². The van der Waals surface area contributed by atoms with Crippen molar-refractivity contribution >= 4 is 23.5 Å². The van der Waals surface area contributed by atoms with Gasteiger partial charge in [0.1, 0.15) is 6.17 Å². The van der Waals surface area contributed by atoms with Crippen LogP contribution in [0.2, 0.25) is 0 Å². The third-order valence-electron chi connectivity index (χ3n) is 6.97. The number of benzene rings is 3. The molecule has 3 heterocycles. The molecule has 0 aliphatic carbocycles. The SMILES string of the molecule is Fc1c(F)c(F)c(C2N3c4ccccc4C=CC[C@@H]3[C@@H]3CC=Cc4ccccc4N23)c(F)c1F. The zero-order valence-electron chi connectivity index (χ0n) is 17.9. The Morgan fingerprint density at radius 3 is 1.44 bits per heavy atom. The molecule has 7 heteroatoms. The van der Waals surface area contributed by atoms with Crippen LogP contribution in [0.1, 0.15) is 35.7 Å². The topological polar surface area (TPSA) is 6.48 Å². The molecule has 0 bridgehead atoms. The Hall–Kier alpha value is -3.61. The number of hydrogen-bond donors (Lipinski definition) is 0. The predicted octanol–water partition coefficient (Wildman–Crippen LogP) is 6.98. The third-order valence-corrected chi connectivity index (χ3v) is 6.97. The van der Waals surface area contributed by atoms with E-state index in [9.17, 15) is 13.2 Å². The Bertz CT molecular complexity index is 1270. The Morgan fingerprint density at radius 1 is 0.559 bits per heavy atom. The summed E-state index contributed by atoms with van der Waals surface area (Å²) in [5.74, 6) is -9.62. The fourth-order valence-corrected chi connectivity index (χ4v) is 5.55. The molecule has 34 heavy (non-hydrogen) atoms. The number of nitrogens with zero attached hydrogens (tertiary/aromatic N) is 2. The summed E-state index contributed by atoms with van der Waals surface area (Å²) in [5.41, 5.74) is 2.17. The number of hydrogen-bond acceptors (Lipinski definition) is 2. The van der Waals surface area contributed by atoms with Gasteiger partial charge in [-0.25, -0.2) is 22.0 Å². The molecule has 3 aromatic rings. The van der Waals surface area contributed by atoms with Gasteiger partial charge in [-0.15, -0.1) is 0 Å². The summed E-state index contributed by atoms with van der Waals surface area (Å²) in [6.45, 7) is 0. The molecule has 2 nitrogen and oxygen atoms in total. The molecule has 1 unspecified atom stereocenters. The molecule has 6 rings (SSSR count). The van der Waals surface area contributed by atoms with Gasteiger partial charge in [0.05, 0.1) is 17.6 Å². The van der Waals surface area contributed by atoms with Crippen LogP contribution >= 0.6 is 0 Å². The molecule has 0 radical (unpaired) electrons. The number of rotatable bonds is 1. The minimum absolute atomic E-state index is 0.254. The smallest absolute Gasteiger partial charge is 0.200 e. The van der Waals surface area contributed by atoms with Crippen LogP contribution in [0.15, 0.2) is 60.7 Å². The van der Waals surface area contributed by atoms with Crippen molar-refractivity contribution in [2.45, 2.75) is 31.1 Å². The maximum Gasteiger partial charge on any atom is 0.200 e. The standard InChI is InChI=1S/C27H19F5N2/c28-22-21(23(29)25(31)26(32)24(22)30)27-33-17-11-3-1-7-15(17)9-5-13-19(33)20-14-6-10-16-8-2-4-12-18(16)34(20)27/h1-12,19-20,27H,13-14H2/t19-,20+,27?. The fourth-order valence-electron chi connectivity index (χ4n) is 5.55. The first-order valence-corrected chi connectivity index (χ1v) is 11.1. The summed E-state index contributed by atoms with van der Waals surface area (Å²) in [4.78, 5) is 3.66. The van der Waals surface area contributed by atoms with Crippen molar-refractivity contribution in [1.82, 2.24) is 0 Å². The fraction of sp³-hybridized carbons (Fsp3) is 0.185. The van der Waals surface area contributed by atoms with Crippen LogP contribution in [-0.4, -0.2) is 12.1 Å². The van der Waals surface area contributed by atoms with Crippen LogP contribution in [0.5, 0.6) is 0 Å². The number of para-hydroxylation sites is 2. The van der Waals surface area contributed by atoms with Gasteiger partial charge in [-0.1, -0.05) is 60.7 Å². The van der Waals surface area contributed by atoms with Gasteiger partial charge in [0.2, 0.25) is 5.82 Å². The number of halogens is 5. The predicted molar refractivity (Wildman–Crippen MR) is 122 cm³/mol. The van der Waals surface area contributed by atoms with Gasteiger partial charge in [-0.2, -0.15) is 0 Å². The van der Waals surface area contributed by atoms with Crippen molar-refractivity contribution in [3.63, 3.8) is 0 Å². The van der Waals surface area contributed by atoms with Crippen molar-refractivity contribution in [1.29, 1.82) is 0 Å². The lowest BCUT2D eigenvalue weighted by Crippen LogP contribution is -2.36. The van der Waals surface area contributed by atoms with Gasteiger partial charge in [0.25, 0.3) is 0 Å². The van der Waals surface area contributed by atoms with Crippen LogP contribution in [-0.2, 0) is 0 Å². The minimum Gasteiger partial charge on any atom is -0.341 e. The molecule has 0 aromatic heterocycles. The molecule has 1 fully saturated rings. The van der Waals surface area contributed by atoms with Crippen molar-refractivity contribution in [2.24, 2.45) is 0 Å². The molecule has 172 valence electrons. The Labute approximate surface area is 193 Å². The van der Waals surface area contributed by atoms with E-state index in [4.69, 9.17) is 0 Å². The third kappa shape index (κ3) is 2.85. The van der Waals surface area contributed by atoms with E-state index in [1.165, 1.54) is 0 Å². The highest BCUT2D eigenvalue weighted by Crippen LogP contribution is 2.51. The van der Waals surface area contributed by atoms with Gasteiger partial charge in [0.15, 0.2) is 23.3 Å². The lowest BCUT2D eigenvalue weighted by atomic mass is 10.0. The molecule has 1 saturated heterocycles. The first kappa shape index (κ1) is 21.0. The zero-order valence-corrected chi connectivity index (χ0v) is 17.9. The summed E-state index contributed by atoms with van der Waals surface area (Å²) in [5, 5.41) is 0. The highest BCUT2D eigenvalue weighted by Gasteiger charge is 2.51. The molecule has 3 aliphatic heterocycles. The van der Waals surface area contributed by atoms with Gasteiger partial charge in [-0.3, -0.25) is 0 Å². The molecule has 0 amide bonds. The van der Waals surface area contributed by atoms with Gasteiger partial charge in [-0.05, 0) is 36.1 Å². The van der Waals surface area contributed by atoms with Gasteiger partial charge < -0.3 is 9.80 Å². The Balaban J connectivity index is 1.68. The molecule has 0 spiro atoms. The summed E-state index contributed by atoms with van der Waals surface area (Å²) >= 11 is 0. The summed E-state index contributed by atoms with van der Waals surface area (Å²) in [7, 11) is 0. The molecule has 0 N–H and O–H groups in total. The maximum absolute atomic E-state index is 15.3. The van der Waals surface area contributed by atoms with Crippen molar-refractivity contribution < 1.29 is 22.0 Å². The number of fused-ring (bicyclic) bond motifs is 7. The lowest BCUT2D eigenvalue weighted by molar-refractivity contribution is 0.363. The Kier molecular flexibility index (Phi) is 4.76. The van der Waals surface area contributed by atoms with E-state index in [0.717, 1.165) is 11.1 Å². The average molecular weight is 466 g/mol. The molecule has 0 saturated carbocycles. The van der Waals surface area contributed by atoms with Crippen LogP contribution in [0, 0.1) is 29.1 Å². The zero-order chi connectivity index (χ0) is 23.6. The minimum atomic E-state index is -2.15. The average Bonchev–Trinajstić information content (AvgIpc) is 2.98. The van der Waals surface area contributed by atoms with E-state index in [0.29, 0.717) is 24.2 Å². The highest BCUT2D eigenvalue weighted by molar-refractivity contribution is 5.77. The largest absolute Gasteiger partial charge is 0.341 e. The second kappa shape index (κ2) is 7.72. The Morgan fingerprint density at radius 2 is 0.971 bits per heavy atom. The van der Waals surface area contributed by atoms with Gasteiger partial charge in [0, 0.05) is 11.4 Å². The monoisotopic (exact) mass is 466 g/mol. The summed E-state index contributed by atoms with van der Waals surface area (Å²) in [6.07, 6.45) is 7.76. The maximum atomic E-state index is 15.3.